The highest BCUT2D eigenvalue weighted by Crippen LogP contribution is 2.30. The monoisotopic (exact) mass is 386 g/mol. The molecule has 0 radical (unpaired) electrons. The number of nitrogens with zero attached hydrogens (tertiary/aromatic N) is 1. The van der Waals surface area contributed by atoms with Gasteiger partial charge >= 0.3 is 0 Å². The maximum atomic E-state index is 12.6. The first-order valence-corrected chi connectivity index (χ1v) is 9.15. The predicted octanol–water partition coefficient (Wildman–Crippen LogP) is 4.72. The maximum absolute atomic E-state index is 12.6. The van der Waals surface area contributed by atoms with Crippen LogP contribution >= 0.6 is 27.3 Å². The molecule has 4 rings (SSSR count). The number of benzene rings is 2. The molecule has 0 spiro atoms. The van der Waals surface area contributed by atoms with Gasteiger partial charge in [0.05, 0.1) is 15.2 Å². The summed E-state index contributed by atoms with van der Waals surface area (Å²) in [6.07, 6.45) is 1.62. The Labute approximate surface area is 146 Å². The van der Waals surface area contributed by atoms with Gasteiger partial charge < -0.3 is 5.32 Å². The lowest BCUT2D eigenvalue weighted by Gasteiger charge is -2.10. The van der Waals surface area contributed by atoms with E-state index in [9.17, 15) is 4.79 Å². The number of hydrogen-bond acceptors (Lipinski definition) is 3. The third-order valence-corrected chi connectivity index (χ3v) is 5.66. The third kappa shape index (κ3) is 2.91. The number of aromatic nitrogens is 1. The van der Waals surface area contributed by atoms with Crippen LogP contribution in [0, 0.1) is 12.8 Å². The highest BCUT2D eigenvalue weighted by molar-refractivity contribution is 9.10. The van der Waals surface area contributed by atoms with Crippen molar-refractivity contribution in [3.8, 4) is 0 Å². The Morgan fingerprint density at radius 2 is 2.04 bits per heavy atom. The summed E-state index contributed by atoms with van der Waals surface area (Å²) in [7, 11) is 0. The smallest absolute Gasteiger partial charge is 0.228 e. The third-order valence-electron chi connectivity index (χ3n) is 4.23. The number of thiazole rings is 1. The molecule has 1 aliphatic carbocycles. The van der Waals surface area contributed by atoms with Gasteiger partial charge in [0.15, 0.2) is 0 Å². The number of carbonyl (C=O) groups is 1. The molecule has 1 aromatic heterocycles. The first kappa shape index (κ1) is 14.8. The maximum Gasteiger partial charge on any atom is 0.228 e. The van der Waals surface area contributed by atoms with Gasteiger partial charge in [-0.1, -0.05) is 22.0 Å². The van der Waals surface area contributed by atoms with Crippen molar-refractivity contribution < 1.29 is 4.79 Å². The molecule has 116 valence electrons. The first-order valence-electron chi connectivity index (χ1n) is 7.54. The van der Waals surface area contributed by atoms with Crippen LogP contribution in [0.15, 0.2) is 40.9 Å². The van der Waals surface area contributed by atoms with Crippen LogP contribution in [0.25, 0.3) is 10.2 Å². The fraction of sp³-hybridized carbons (Fsp3) is 0.222. The van der Waals surface area contributed by atoms with Crippen molar-refractivity contribution in [2.45, 2.75) is 19.8 Å². The van der Waals surface area contributed by atoms with Crippen LogP contribution in [-0.2, 0) is 17.6 Å². The predicted molar refractivity (Wildman–Crippen MR) is 98.0 cm³/mol. The molecule has 5 heteroatoms. The molecule has 1 unspecified atom stereocenters. The van der Waals surface area contributed by atoms with E-state index in [1.54, 1.807) is 11.3 Å². The zero-order chi connectivity index (χ0) is 16.0. The van der Waals surface area contributed by atoms with E-state index < -0.39 is 0 Å². The molecular weight excluding hydrogens is 372 g/mol. The van der Waals surface area contributed by atoms with Gasteiger partial charge in [-0.15, -0.1) is 11.3 Å². The summed E-state index contributed by atoms with van der Waals surface area (Å²) in [6, 6.07) is 12.2. The minimum atomic E-state index is 0.0122. The standard InChI is InChI=1S/C18H15BrN2OS/c1-10-20-16-5-4-15(9-17(16)23-10)21-18(22)13-6-11-2-3-14(19)8-12(11)7-13/h2-5,8-9,13H,6-7H2,1H3,(H,21,22). The largest absolute Gasteiger partial charge is 0.326 e. The first-order chi connectivity index (χ1) is 11.1. The quantitative estimate of drug-likeness (QED) is 0.691. The molecule has 1 amide bonds. The van der Waals surface area contributed by atoms with E-state index in [0.29, 0.717) is 0 Å². The molecule has 1 N–H and O–H groups in total. The summed E-state index contributed by atoms with van der Waals surface area (Å²) in [5, 5.41) is 4.10. The second-order valence-corrected chi connectivity index (χ2v) is 8.07. The number of anilines is 1. The van der Waals surface area contributed by atoms with E-state index in [1.807, 2.05) is 31.2 Å². The fourth-order valence-corrected chi connectivity index (χ4v) is 4.41. The van der Waals surface area contributed by atoms with Crippen LogP contribution in [0.4, 0.5) is 5.69 Å². The zero-order valence-corrected chi connectivity index (χ0v) is 15.0. The number of fused-ring (bicyclic) bond motifs is 2. The summed E-state index contributed by atoms with van der Waals surface area (Å²) < 4.78 is 2.18. The molecule has 2 aromatic carbocycles. The van der Waals surface area contributed by atoms with Gasteiger partial charge in [-0.05, 0) is 61.2 Å². The molecule has 0 aliphatic heterocycles. The normalized spacial score (nSPS) is 16.5. The van der Waals surface area contributed by atoms with E-state index in [-0.39, 0.29) is 11.8 Å². The summed E-state index contributed by atoms with van der Waals surface area (Å²) in [5.74, 6) is 0.108. The van der Waals surface area contributed by atoms with Crippen molar-refractivity contribution in [2.24, 2.45) is 5.92 Å². The van der Waals surface area contributed by atoms with Crippen molar-refractivity contribution >= 4 is 49.1 Å². The number of hydrogen-bond donors (Lipinski definition) is 1. The highest BCUT2D eigenvalue weighted by atomic mass is 79.9. The lowest BCUT2D eigenvalue weighted by atomic mass is 10.1. The lowest BCUT2D eigenvalue weighted by molar-refractivity contribution is -0.119. The molecule has 1 aliphatic rings. The minimum Gasteiger partial charge on any atom is -0.326 e. The van der Waals surface area contributed by atoms with Crippen LogP contribution in [-0.4, -0.2) is 10.9 Å². The van der Waals surface area contributed by atoms with Crippen molar-refractivity contribution in [3.63, 3.8) is 0 Å². The molecule has 0 saturated heterocycles. The van der Waals surface area contributed by atoms with E-state index in [0.717, 1.165) is 38.2 Å². The van der Waals surface area contributed by atoms with Crippen molar-refractivity contribution in [2.75, 3.05) is 5.32 Å². The van der Waals surface area contributed by atoms with Gasteiger partial charge in [-0.2, -0.15) is 0 Å². The van der Waals surface area contributed by atoms with Crippen molar-refractivity contribution in [1.82, 2.24) is 4.98 Å². The zero-order valence-electron chi connectivity index (χ0n) is 12.6. The van der Waals surface area contributed by atoms with E-state index in [4.69, 9.17) is 0 Å². The second kappa shape index (κ2) is 5.73. The lowest BCUT2D eigenvalue weighted by Crippen LogP contribution is -2.23. The molecule has 3 aromatic rings. The molecule has 1 atom stereocenters. The average Bonchev–Trinajstić information content (AvgIpc) is 3.08. The molecule has 1 heterocycles. The molecular formula is C18H15BrN2OS. The Morgan fingerprint density at radius 1 is 1.22 bits per heavy atom. The molecule has 23 heavy (non-hydrogen) atoms. The molecule has 0 bridgehead atoms. The van der Waals surface area contributed by atoms with Crippen LogP contribution < -0.4 is 5.32 Å². The van der Waals surface area contributed by atoms with Gasteiger partial charge in [0.1, 0.15) is 0 Å². The van der Waals surface area contributed by atoms with Crippen LogP contribution in [0.1, 0.15) is 16.1 Å². The summed E-state index contributed by atoms with van der Waals surface area (Å²) in [5.41, 5.74) is 4.39. The SMILES string of the molecule is Cc1nc2ccc(NC(=O)C3Cc4ccc(Br)cc4C3)cc2s1. The van der Waals surface area contributed by atoms with Gasteiger partial charge in [-0.3, -0.25) is 4.79 Å². The molecule has 0 saturated carbocycles. The fourth-order valence-electron chi connectivity index (χ4n) is 3.13. The number of nitrogens with one attached hydrogen (secondary N) is 1. The van der Waals surface area contributed by atoms with Gasteiger partial charge in [0.25, 0.3) is 0 Å². The van der Waals surface area contributed by atoms with E-state index in [1.165, 1.54) is 11.1 Å². The Hall–Kier alpha value is -1.72. The van der Waals surface area contributed by atoms with Crippen molar-refractivity contribution in [1.29, 1.82) is 0 Å². The van der Waals surface area contributed by atoms with Gasteiger partial charge in [-0.25, -0.2) is 4.98 Å². The van der Waals surface area contributed by atoms with Gasteiger partial charge in [0, 0.05) is 16.1 Å². The topological polar surface area (TPSA) is 42.0 Å². The Bertz CT molecular complexity index is 919. The van der Waals surface area contributed by atoms with E-state index >= 15 is 0 Å². The number of halogens is 1. The molecule has 3 nitrogen and oxygen atoms in total. The Balaban J connectivity index is 1.51. The number of aryl methyl sites for hydroxylation is 1. The summed E-state index contributed by atoms with van der Waals surface area (Å²) >= 11 is 5.14. The number of amides is 1. The highest BCUT2D eigenvalue weighted by Gasteiger charge is 2.27. The van der Waals surface area contributed by atoms with Crippen LogP contribution in [0.3, 0.4) is 0 Å². The van der Waals surface area contributed by atoms with Crippen LogP contribution in [0.5, 0.6) is 0 Å². The van der Waals surface area contributed by atoms with E-state index in [2.05, 4.69) is 38.4 Å². The minimum absolute atomic E-state index is 0.0122. The number of carbonyl (C=O) groups excluding carboxylic acids is 1. The molecule has 0 fully saturated rings. The summed E-state index contributed by atoms with van der Waals surface area (Å²) in [6.45, 7) is 2.00. The Kier molecular flexibility index (Phi) is 3.70. The van der Waals surface area contributed by atoms with Crippen molar-refractivity contribution in [3.05, 3.63) is 57.0 Å². The van der Waals surface area contributed by atoms with Gasteiger partial charge in [0.2, 0.25) is 5.91 Å². The number of rotatable bonds is 2. The summed E-state index contributed by atoms with van der Waals surface area (Å²) in [4.78, 5) is 17.0. The average molecular weight is 387 g/mol. The second-order valence-electron chi connectivity index (χ2n) is 5.92. The van der Waals surface area contributed by atoms with Crippen LogP contribution in [0.2, 0.25) is 0 Å². The Morgan fingerprint density at radius 3 is 2.91 bits per heavy atom.